The minimum atomic E-state index is -3.24. The molecule has 0 heterocycles. The van der Waals surface area contributed by atoms with Crippen molar-refractivity contribution in [1.29, 1.82) is 0 Å². The monoisotopic (exact) mass is 303 g/mol. The maximum atomic E-state index is 11.8. The summed E-state index contributed by atoms with van der Waals surface area (Å²) < 4.78 is 22.1. The SMILES string of the molecule is CS(=O)(=O)CCC(NC(=O)CC1=CCCCC1)C(=O)O. The van der Waals surface area contributed by atoms with Crippen molar-refractivity contribution in [2.75, 3.05) is 12.0 Å². The van der Waals surface area contributed by atoms with Gasteiger partial charge in [-0.3, -0.25) is 4.79 Å². The minimum Gasteiger partial charge on any atom is -0.480 e. The summed E-state index contributed by atoms with van der Waals surface area (Å²) in [7, 11) is -3.24. The molecule has 1 aliphatic carbocycles. The Kier molecular flexibility index (Phi) is 6.19. The Hall–Kier alpha value is -1.37. The predicted molar refractivity (Wildman–Crippen MR) is 75.1 cm³/mol. The van der Waals surface area contributed by atoms with Crippen LogP contribution in [0.1, 0.15) is 38.5 Å². The van der Waals surface area contributed by atoms with Gasteiger partial charge in [0.1, 0.15) is 15.9 Å². The van der Waals surface area contributed by atoms with Gasteiger partial charge >= 0.3 is 5.97 Å². The first kappa shape index (κ1) is 16.7. The van der Waals surface area contributed by atoms with Gasteiger partial charge in [-0.1, -0.05) is 11.6 Å². The van der Waals surface area contributed by atoms with E-state index >= 15 is 0 Å². The van der Waals surface area contributed by atoms with E-state index in [1.807, 2.05) is 6.08 Å². The molecule has 20 heavy (non-hydrogen) atoms. The van der Waals surface area contributed by atoms with E-state index in [9.17, 15) is 18.0 Å². The summed E-state index contributed by atoms with van der Waals surface area (Å²) in [5, 5.41) is 11.4. The lowest BCUT2D eigenvalue weighted by molar-refractivity contribution is -0.141. The van der Waals surface area contributed by atoms with Crippen LogP contribution in [-0.4, -0.2) is 43.5 Å². The summed E-state index contributed by atoms with van der Waals surface area (Å²) in [5.41, 5.74) is 1.03. The molecular weight excluding hydrogens is 282 g/mol. The van der Waals surface area contributed by atoms with Crippen LogP contribution in [0.15, 0.2) is 11.6 Å². The van der Waals surface area contributed by atoms with Crippen LogP contribution in [0.2, 0.25) is 0 Å². The van der Waals surface area contributed by atoms with Crippen LogP contribution in [0.25, 0.3) is 0 Å². The zero-order valence-electron chi connectivity index (χ0n) is 11.6. The molecule has 0 saturated carbocycles. The quantitative estimate of drug-likeness (QED) is 0.680. The molecule has 1 rings (SSSR count). The van der Waals surface area contributed by atoms with Crippen molar-refractivity contribution >= 4 is 21.7 Å². The third kappa shape index (κ3) is 6.70. The Morgan fingerprint density at radius 2 is 2.10 bits per heavy atom. The molecule has 0 bridgehead atoms. The second-order valence-corrected chi connectivity index (χ2v) is 7.42. The number of nitrogens with one attached hydrogen (secondary N) is 1. The number of aliphatic carboxylic acids is 1. The Morgan fingerprint density at radius 1 is 1.40 bits per heavy atom. The summed E-state index contributed by atoms with van der Waals surface area (Å²) in [5.74, 6) is -1.83. The van der Waals surface area contributed by atoms with Gasteiger partial charge in [-0.05, 0) is 32.1 Å². The van der Waals surface area contributed by atoms with Gasteiger partial charge in [0.25, 0.3) is 0 Å². The number of carboxylic acids is 1. The number of rotatable bonds is 7. The van der Waals surface area contributed by atoms with E-state index in [1.165, 1.54) is 0 Å². The highest BCUT2D eigenvalue weighted by molar-refractivity contribution is 7.90. The molecule has 1 atom stereocenters. The second kappa shape index (κ2) is 7.42. The number of hydrogen-bond donors (Lipinski definition) is 2. The number of amides is 1. The minimum absolute atomic E-state index is 0.112. The van der Waals surface area contributed by atoms with E-state index in [2.05, 4.69) is 5.32 Å². The van der Waals surface area contributed by atoms with E-state index in [0.717, 1.165) is 37.5 Å². The standard InChI is InChI=1S/C13H21NO5S/c1-20(18,19)8-7-11(13(16)17)14-12(15)9-10-5-3-2-4-6-10/h5,11H,2-4,6-9H2,1H3,(H,14,15)(H,16,17). The van der Waals surface area contributed by atoms with Gasteiger partial charge in [-0.2, -0.15) is 0 Å². The third-order valence-electron chi connectivity index (χ3n) is 3.18. The number of sulfone groups is 1. The summed E-state index contributed by atoms with van der Waals surface area (Å²) in [4.78, 5) is 22.8. The zero-order chi connectivity index (χ0) is 15.2. The molecule has 2 N–H and O–H groups in total. The van der Waals surface area contributed by atoms with Crippen LogP contribution in [0.3, 0.4) is 0 Å². The lowest BCUT2D eigenvalue weighted by Crippen LogP contribution is -2.42. The maximum absolute atomic E-state index is 11.8. The van der Waals surface area contributed by atoms with Crippen LogP contribution in [-0.2, 0) is 19.4 Å². The maximum Gasteiger partial charge on any atom is 0.326 e. The van der Waals surface area contributed by atoms with Gasteiger partial charge in [0.05, 0.1) is 5.75 Å². The normalized spacial score (nSPS) is 17.1. The molecule has 0 aromatic carbocycles. The molecule has 0 aliphatic heterocycles. The summed E-state index contributed by atoms with van der Waals surface area (Å²) in [6.45, 7) is 0. The van der Waals surface area contributed by atoms with Crippen LogP contribution in [0.5, 0.6) is 0 Å². The number of hydrogen-bond acceptors (Lipinski definition) is 4. The van der Waals surface area contributed by atoms with Crippen molar-refractivity contribution in [1.82, 2.24) is 5.32 Å². The molecule has 0 aromatic heterocycles. The predicted octanol–water partition coefficient (Wildman–Crippen LogP) is 0.881. The lowest BCUT2D eigenvalue weighted by atomic mass is 9.97. The second-order valence-electron chi connectivity index (χ2n) is 5.16. The molecule has 6 nitrogen and oxygen atoms in total. The third-order valence-corrected chi connectivity index (χ3v) is 4.16. The first-order valence-corrected chi connectivity index (χ1v) is 8.72. The van der Waals surface area contributed by atoms with Crippen LogP contribution in [0, 0.1) is 0 Å². The highest BCUT2D eigenvalue weighted by atomic mass is 32.2. The lowest BCUT2D eigenvalue weighted by Gasteiger charge is -2.16. The Bertz CT molecular complexity index is 495. The largest absolute Gasteiger partial charge is 0.480 e. The Balaban J connectivity index is 2.50. The van der Waals surface area contributed by atoms with Crippen molar-refractivity contribution in [3.8, 4) is 0 Å². The van der Waals surface area contributed by atoms with Gasteiger partial charge in [0, 0.05) is 12.7 Å². The van der Waals surface area contributed by atoms with E-state index in [1.54, 1.807) is 0 Å². The fourth-order valence-electron chi connectivity index (χ4n) is 2.11. The van der Waals surface area contributed by atoms with Crippen LogP contribution < -0.4 is 5.32 Å². The molecule has 0 spiro atoms. The molecule has 0 fully saturated rings. The molecule has 114 valence electrons. The van der Waals surface area contributed by atoms with Gasteiger partial charge in [-0.15, -0.1) is 0 Å². The fraction of sp³-hybridized carbons (Fsp3) is 0.692. The van der Waals surface area contributed by atoms with Crippen molar-refractivity contribution in [2.24, 2.45) is 0 Å². The smallest absolute Gasteiger partial charge is 0.326 e. The molecule has 1 aliphatic rings. The molecule has 1 unspecified atom stereocenters. The van der Waals surface area contributed by atoms with E-state index in [4.69, 9.17) is 5.11 Å². The van der Waals surface area contributed by atoms with Gasteiger partial charge in [-0.25, -0.2) is 13.2 Å². The average molecular weight is 303 g/mol. The molecule has 0 saturated heterocycles. The summed E-state index contributed by atoms with van der Waals surface area (Å²) in [6.07, 6.45) is 7.15. The molecule has 1 amide bonds. The van der Waals surface area contributed by atoms with Crippen LogP contribution in [0.4, 0.5) is 0 Å². The number of allylic oxidation sites excluding steroid dienone is 1. The van der Waals surface area contributed by atoms with Gasteiger partial charge in [0.2, 0.25) is 5.91 Å². The molecule has 0 radical (unpaired) electrons. The topological polar surface area (TPSA) is 101 Å². The van der Waals surface area contributed by atoms with E-state index in [0.29, 0.717) is 0 Å². The number of carbonyl (C=O) groups excluding carboxylic acids is 1. The molecule has 0 aromatic rings. The average Bonchev–Trinajstić information content (AvgIpc) is 2.34. The molecule has 7 heteroatoms. The van der Waals surface area contributed by atoms with Crippen LogP contribution >= 0.6 is 0 Å². The first-order valence-electron chi connectivity index (χ1n) is 6.66. The Labute approximate surface area is 119 Å². The summed E-state index contributed by atoms with van der Waals surface area (Å²) in [6, 6.07) is -1.15. The zero-order valence-corrected chi connectivity index (χ0v) is 12.4. The Morgan fingerprint density at radius 3 is 2.60 bits per heavy atom. The number of carboxylic acid groups (broad SMARTS) is 1. The van der Waals surface area contributed by atoms with E-state index < -0.39 is 21.8 Å². The highest BCUT2D eigenvalue weighted by Gasteiger charge is 2.22. The van der Waals surface area contributed by atoms with Gasteiger partial charge < -0.3 is 10.4 Å². The first-order chi connectivity index (χ1) is 9.28. The summed E-state index contributed by atoms with van der Waals surface area (Å²) >= 11 is 0. The van der Waals surface area contributed by atoms with Gasteiger partial charge in [0.15, 0.2) is 0 Å². The molecular formula is C13H21NO5S. The fourth-order valence-corrected chi connectivity index (χ4v) is 2.77. The van der Waals surface area contributed by atoms with Crippen molar-refractivity contribution in [3.63, 3.8) is 0 Å². The number of carbonyl (C=O) groups is 2. The van der Waals surface area contributed by atoms with E-state index in [-0.39, 0.29) is 24.5 Å². The van der Waals surface area contributed by atoms with Crippen molar-refractivity contribution in [2.45, 2.75) is 44.6 Å². The highest BCUT2D eigenvalue weighted by Crippen LogP contribution is 2.19. The van der Waals surface area contributed by atoms with Crippen molar-refractivity contribution < 1.29 is 23.1 Å². The van der Waals surface area contributed by atoms with Crippen molar-refractivity contribution in [3.05, 3.63) is 11.6 Å².